The van der Waals surface area contributed by atoms with Crippen molar-refractivity contribution in [2.24, 2.45) is 0 Å². The number of hydrogen-bond donors (Lipinski definition) is 1. The average Bonchev–Trinajstić information content (AvgIpc) is 2.93. The van der Waals surface area contributed by atoms with Crippen molar-refractivity contribution >= 4 is 10.9 Å². The molecule has 0 radical (unpaired) electrons. The standard InChI is InChI=1S/C20H21N2/c1-22-12-10-14-6-2-3-7-15(14)20(22)19-16-8-4-5-9-17(16)21-18(19)11-13-22/h2-9,20-21H,10-13H2,1H3/q+1. The van der Waals surface area contributed by atoms with Gasteiger partial charge in [0.15, 0.2) is 0 Å². The van der Waals surface area contributed by atoms with Gasteiger partial charge < -0.3 is 9.47 Å². The van der Waals surface area contributed by atoms with Gasteiger partial charge in [0.25, 0.3) is 0 Å². The molecule has 0 spiro atoms. The van der Waals surface area contributed by atoms with Crippen LogP contribution in [0.2, 0.25) is 0 Å². The van der Waals surface area contributed by atoms with E-state index in [9.17, 15) is 0 Å². The number of nitrogens with zero attached hydrogens (tertiary/aromatic N) is 1. The van der Waals surface area contributed by atoms with E-state index in [-0.39, 0.29) is 0 Å². The molecule has 2 unspecified atom stereocenters. The van der Waals surface area contributed by atoms with Gasteiger partial charge in [0.1, 0.15) is 6.04 Å². The topological polar surface area (TPSA) is 15.8 Å². The van der Waals surface area contributed by atoms with Gasteiger partial charge in [-0.2, -0.15) is 0 Å². The van der Waals surface area contributed by atoms with Gasteiger partial charge in [0.2, 0.25) is 0 Å². The van der Waals surface area contributed by atoms with Crippen molar-refractivity contribution in [3.05, 3.63) is 70.9 Å². The van der Waals surface area contributed by atoms with Crippen molar-refractivity contribution in [3.63, 3.8) is 0 Å². The van der Waals surface area contributed by atoms with Crippen LogP contribution < -0.4 is 0 Å². The summed E-state index contributed by atoms with van der Waals surface area (Å²) in [5.74, 6) is 0. The zero-order valence-electron chi connectivity index (χ0n) is 13.0. The molecule has 0 amide bonds. The van der Waals surface area contributed by atoms with Crippen LogP contribution in [0.4, 0.5) is 0 Å². The number of aromatic nitrogens is 1. The second-order valence-electron chi connectivity index (χ2n) is 7.09. The molecule has 0 aliphatic carbocycles. The molecule has 0 fully saturated rings. The highest BCUT2D eigenvalue weighted by molar-refractivity contribution is 5.85. The van der Waals surface area contributed by atoms with E-state index in [0.717, 1.165) is 4.48 Å². The largest absolute Gasteiger partial charge is 0.358 e. The average molecular weight is 289 g/mol. The zero-order valence-corrected chi connectivity index (χ0v) is 13.0. The van der Waals surface area contributed by atoms with Crippen LogP contribution in [0.1, 0.15) is 28.4 Å². The molecule has 2 heteroatoms. The van der Waals surface area contributed by atoms with Crippen LogP contribution in [0, 0.1) is 0 Å². The lowest BCUT2D eigenvalue weighted by Crippen LogP contribution is -2.54. The van der Waals surface area contributed by atoms with Gasteiger partial charge in [0, 0.05) is 40.6 Å². The summed E-state index contributed by atoms with van der Waals surface area (Å²) in [5, 5.41) is 1.42. The highest BCUT2D eigenvalue weighted by Crippen LogP contribution is 2.46. The van der Waals surface area contributed by atoms with Crippen molar-refractivity contribution in [1.82, 2.24) is 4.98 Å². The second kappa shape index (κ2) is 4.23. The number of fused-ring (bicyclic) bond motifs is 7. The monoisotopic (exact) mass is 289 g/mol. The van der Waals surface area contributed by atoms with Crippen molar-refractivity contribution in [2.75, 3.05) is 20.1 Å². The molecule has 1 N–H and O–H groups in total. The lowest BCUT2D eigenvalue weighted by atomic mass is 9.82. The number of benzene rings is 2. The number of para-hydroxylation sites is 1. The Kier molecular flexibility index (Phi) is 2.40. The fourth-order valence-corrected chi connectivity index (χ4v) is 4.67. The molecule has 3 heterocycles. The fourth-order valence-electron chi connectivity index (χ4n) is 4.67. The number of aromatic amines is 1. The summed E-state index contributed by atoms with van der Waals surface area (Å²) >= 11 is 0. The summed E-state index contributed by atoms with van der Waals surface area (Å²) in [4.78, 5) is 3.69. The first-order valence-electron chi connectivity index (χ1n) is 8.28. The highest BCUT2D eigenvalue weighted by Gasteiger charge is 2.45. The molecule has 1 aromatic heterocycles. The third kappa shape index (κ3) is 1.53. The fraction of sp³-hybridized carbons (Fsp3) is 0.300. The van der Waals surface area contributed by atoms with E-state index in [2.05, 4.69) is 60.6 Å². The minimum atomic E-state index is 0.491. The maximum atomic E-state index is 3.69. The van der Waals surface area contributed by atoms with Crippen LogP contribution in [0.25, 0.3) is 10.9 Å². The third-order valence-electron chi connectivity index (χ3n) is 5.84. The minimum absolute atomic E-state index is 0.491. The smallest absolute Gasteiger partial charge is 0.143 e. The van der Waals surface area contributed by atoms with E-state index >= 15 is 0 Å². The predicted molar refractivity (Wildman–Crippen MR) is 89.9 cm³/mol. The Bertz CT molecular complexity index is 876. The van der Waals surface area contributed by atoms with Gasteiger partial charge >= 0.3 is 0 Å². The molecule has 5 rings (SSSR count). The van der Waals surface area contributed by atoms with Crippen molar-refractivity contribution in [3.8, 4) is 0 Å². The van der Waals surface area contributed by atoms with Crippen LogP contribution >= 0.6 is 0 Å². The summed E-state index contributed by atoms with van der Waals surface area (Å²) in [7, 11) is 2.45. The van der Waals surface area contributed by atoms with Gasteiger partial charge in [-0.1, -0.05) is 42.5 Å². The normalized spacial score (nSPS) is 26.3. The summed E-state index contributed by atoms with van der Waals surface area (Å²) in [6.07, 6.45) is 2.38. The summed E-state index contributed by atoms with van der Waals surface area (Å²) < 4.78 is 1.16. The van der Waals surface area contributed by atoms with Crippen LogP contribution in [0.5, 0.6) is 0 Å². The summed E-state index contributed by atoms with van der Waals surface area (Å²) in [6.45, 7) is 2.49. The molecule has 0 saturated heterocycles. The van der Waals surface area contributed by atoms with E-state index in [1.165, 1.54) is 42.5 Å². The SMILES string of the molecule is C[N+]12CCc3ccccc3C1c1c([nH]c3ccccc13)CC2. The van der Waals surface area contributed by atoms with E-state index in [1.54, 1.807) is 16.7 Å². The quantitative estimate of drug-likeness (QED) is 0.606. The van der Waals surface area contributed by atoms with Gasteiger partial charge in [-0.25, -0.2) is 0 Å². The number of hydrogen-bond acceptors (Lipinski definition) is 0. The lowest BCUT2D eigenvalue weighted by molar-refractivity contribution is -0.937. The van der Waals surface area contributed by atoms with E-state index < -0.39 is 0 Å². The predicted octanol–water partition coefficient (Wildman–Crippen LogP) is 3.82. The Labute approximate surface area is 131 Å². The number of likely N-dealkylation sites (N-methyl/N-ethyl adjacent to an activating group) is 1. The first kappa shape index (κ1) is 12.5. The molecule has 2 nitrogen and oxygen atoms in total. The maximum Gasteiger partial charge on any atom is 0.143 e. The molecule has 2 atom stereocenters. The Morgan fingerprint density at radius 2 is 1.73 bits per heavy atom. The van der Waals surface area contributed by atoms with E-state index in [4.69, 9.17) is 0 Å². The van der Waals surface area contributed by atoms with Crippen LogP contribution in [0.15, 0.2) is 48.5 Å². The van der Waals surface area contributed by atoms with Gasteiger partial charge in [-0.05, 0) is 11.6 Å². The molecule has 2 aromatic carbocycles. The Balaban J connectivity index is 1.84. The Morgan fingerprint density at radius 1 is 0.955 bits per heavy atom. The number of H-pyrrole nitrogens is 1. The summed E-state index contributed by atoms with van der Waals surface area (Å²) in [5.41, 5.74) is 7.39. The second-order valence-corrected chi connectivity index (χ2v) is 7.09. The van der Waals surface area contributed by atoms with Crippen LogP contribution in [-0.4, -0.2) is 29.6 Å². The minimum Gasteiger partial charge on any atom is -0.358 e. The third-order valence-corrected chi connectivity index (χ3v) is 5.84. The van der Waals surface area contributed by atoms with E-state index in [0.29, 0.717) is 6.04 Å². The molecular formula is C20H21N2+. The Morgan fingerprint density at radius 3 is 2.68 bits per heavy atom. The van der Waals surface area contributed by atoms with Crippen molar-refractivity contribution in [1.29, 1.82) is 0 Å². The Hall–Kier alpha value is -2.06. The van der Waals surface area contributed by atoms with Gasteiger partial charge in [0.05, 0.1) is 20.1 Å². The van der Waals surface area contributed by atoms with Crippen LogP contribution in [-0.2, 0) is 12.8 Å². The van der Waals surface area contributed by atoms with Crippen molar-refractivity contribution in [2.45, 2.75) is 18.9 Å². The molecule has 2 aliphatic rings. The van der Waals surface area contributed by atoms with Gasteiger partial charge in [-0.15, -0.1) is 0 Å². The first-order chi connectivity index (χ1) is 10.8. The van der Waals surface area contributed by atoms with Crippen LogP contribution in [0.3, 0.4) is 0 Å². The molecule has 0 saturated carbocycles. The zero-order chi connectivity index (χ0) is 14.7. The number of nitrogens with one attached hydrogen (secondary N) is 1. The highest BCUT2D eigenvalue weighted by atomic mass is 15.4. The molecular weight excluding hydrogens is 268 g/mol. The van der Waals surface area contributed by atoms with E-state index in [1.807, 2.05) is 0 Å². The van der Waals surface area contributed by atoms with Crippen molar-refractivity contribution < 1.29 is 4.48 Å². The number of quaternary nitrogens is 1. The number of rotatable bonds is 0. The van der Waals surface area contributed by atoms with Gasteiger partial charge in [-0.3, -0.25) is 0 Å². The first-order valence-corrected chi connectivity index (χ1v) is 8.28. The maximum absolute atomic E-state index is 3.69. The molecule has 3 aromatic rings. The summed E-state index contributed by atoms with van der Waals surface area (Å²) in [6, 6.07) is 18.4. The molecule has 22 heavy (non-hydrogen) atoms. The molecule has 110 valence electrons. The lowest BCUT2D eigenvalue weighted by Gasteiger charge is -2.48. The molecule has 2 aliphatic heterocycles. The molecule has 0 bridgehead atoms.